The molecule has 0 heterocycles. The summed E-state index contributed by atoms with van der Waals surface area (Å²) in [5, 5.41) is 4.44. The van der Waals surface area contributed by atoms with E-state index in [1.54, 1.807) is 6.07 Å². The van der Waals surface area contributed by atoms with E-state index in [1.807, 2.05) is 12.1 Å². The molecule has 4 N–H and O–H groups in total. The maximum atomic E-state index is 6.08. The molecule has 1 aromatic carbocycles. The first kappa shape index (κ1) is 15.1. The van der Waals surface area contributed by atoms with Crippen molar-refractivity contribution < 1.29 is 0 Å². The topological polar surface area (TPSA) is 62.4 Å². The maximum absolute atomic E-state index is 6.08. The summed E-state index contributed by atoms with van der Waals surface area (Å²) < 4.78 is 0. The van der Waals surface area contributed by atoms with Crippen molar-refractivity contribution >= 4 is 29.2 Å². The minimum Gasteiger partial charge on any atom is -0.355 e. The molecular formula is C12H18Cl2N4. The van der Waals surface area contributed by atoms with Crippen LogP contribution in [0, 0.1) is 0 Å². The van der Waals surface area contributed by atoms with Gasteiger partial charge in [0.25, 0.3) is 0 Å². The molecule has 1 aromatic rings. The molecular weight excluding hydrogens is 271 g/mol. The first-order valence-electron chi connectivity index (χ1n) is 5.86. The summed E-state index contributed by atoms with van der Waals surface area (Å²) in [5.74, 6) is 5.95. The lowest BCUT2D eigenvalue weighted by Gasteiger charge is -2.10. The highest BCUT2D eigenvalue weighted by Gasteiger charge is 2.01. The zero-order valence-electron chi connectivity index (χ0n) is 10.3. The number of nitrogens with two attached hydrogens (primary N) is 1. The molecule has 0 atom stereocenters. The number of hydrogen-bond acceptors (Lipinski definition) is 2. The number of nitrogens with zero attached hydrogens (tertiary/aromatic N) is 1. The highest BCUT2D eigenvalue weighted by Crippen LogP contribution is 2.20. The van der Waals surface area contributed by atoms with E-state index in [-0.39, 0.29) is 0 Å². The minimum atomic E-state index is 0.599. The first-order chi connectivity index (χ1) is 8.67. The van der Waals surface area contributed by atoms with Gasteiger partial charge >= 0.3 is 0 Å². The fourth-order valence-corrected chi connectivity index (χ4v) is 1.92. The van der Waals surface area contributed by atoms with Crippen LogP contribution in [0.5, 0.6) is 0 Å². The van der Waals surface area contributed by atoms with Gasteiger partial charge < -0.3 is 5.32 Å². The molecule has 0 bridgehead atoms. The Hall–Kier alpha value is -0.970. The zero-order chi connectivity index (χ0) is 13.4. The predicted molar refractivity (Wildman–Crippen MR) is 78.1 cm³/mol. The number of hydrazine groups is 1. The lowest BCUT2D eigenvalue weighted by molar-refractivity contribution is 0.799. The summed E-state index contributed by atoms with van der Waals surface area (Å²) in [6.07, 6.45) is 1.76. The van der Waals surface area contributed by atoms with Gasteiger partial charge in [-0.2, -0.15) is 0 Å². The quantitative estimate of drug-likeness (QED) is 0.337. The Morgan fingerprint density at radius 1 is 1.39 bits per heavy atom. The normalized spacial score (nSPS) is 11.4. The van der Waals surface area contributed by atoms with E-state index in [4.69, 9.17) is 29.0 Å². The number of hydrogen-bond donors (Lipinski definition) is 3. The van der Waals surface area contributed by atoms with Gasteiger partial charge in [-0.25, -0.2) is 5.84 Å². The molecule has 0 aromatic heterocycles. The maximum Gasteiger partial charge on any atom is 0.205 e. The number of rotatable bonds is 5. The van der Waals surface area contributed by atoms with Crippen LogP contribution in [0.4, 0.5) is 0 Å². The van der Waals surface area contributed by atoms with Crippen molar-refractivity contribution in [3.63, 3.8) is 0 Å². The molecule has 0 radical (unpaired) electrons. The van der Waals surface area contributed by atoms with Crippen molar-refractivity contribution in [1.29, 1.82) is 0 Å². The van der Waals surface area contributed by atoms with E-state index < -0.39 is 0 Å². The van der Waals surface area contributed by atoms with Gasteiger partial charge in [-0.05, 0) is 30.5 Å². The molecule has 0 saturated carbocycles. The number of aliphatic imine (C=N–C) groups is 1. The summed E-state index contributed by atoms with van der Waals surface area (Å²) in [7, 11) is 0. The molecule has 0 aliphatic heterocycles. The van der Waals surface area contributed by atoms with Crippen LogP contribution in [-0.2, 0) is 6.42 Å². The molecule has 0 aliphatic rings. The lowest BCUT2D eigenvalue weighted by Crippen LogP contribution is -2.42. The third-order valence-corrected chi connectivity index (χ3v) is 2.92. The van der Waals surface area contributed by atoms with Crippen LogP contribution < -0.4 is 16.6 Å². The number of benzene rings is 1. The average Bonchev–Trinajstić information content (AvgIpc) is 2.36. The van der Waals surface area contributed by atoms with Crippen LogP contribution in [0.15, 0.2) is 23.2 Å². The van der Waals surface area contributed by atoms with Gasteiger partial charge in [-0.15, -0.1) is 0 Å². The van der Waals surface area contributed by atoms with Crippen molar-refractivity contribution in [3.8, 4) is 0 Å². The van der Waals surface area contributed by atoms with Crippen molar-refractivity contribution in [2.45, 2.75) is 19.8 Å². The van der Waals surface area contributed by atoms with E-state index in [9.17, 15) is 0 Å². The fraction of sp³-hybridized carbons (Fsp3) is 0.417. The largest absolute Gasteiger partial charge is 0.355 e. The Morgan fingerprint density at radius 3 is 2.78 bits per heavy atom. The number of guanidine groups is 1. The monoisotopic (exact) mass is 288 g/mol. The Bertz CT molecular complexity index is 407. The van der Waals surface area contributed by atoms with Crippen LogP contribution in [0.25, 0.3) is 0 Å². The highest BCUT2D eigenvalue weighted by molar-refractivity contribution is 6.35. The van der Waals surface area contributed by atoms with Gasteiger partial charge in [0.15, 0.2) is 0 Å². The highest BCUT2D eigenvalue weighted by atomic mass is 35.5. The molecule has 100 valence electrons. The molecule has 1 rings (SSSR count). The average molecular weight is 289 g/mol. The Morgan fingerprint density at radius 2 is 2.17 bits per heavy atom. The van der Waals surface area contributed by atoms with Gasteiger partial charge in [0.1, 0.15) is 0 Å². The molecule has 0 aliphatic carbocycles. The molecule has 4 nitrogen and oxygen atoms in total. The molecule has 18 heavy (non-hydrogen) atoms. The molecule has 0 amide bonds. The SMILES string of the molecule is CCCN=C(NN)NCCc1ccc(Cl)cc1Cl. The predicted octanol–water partition coefficient (Wildman–Crippen LogP) is 2.35. The van der Waals surface area contributed by atoms with E-state index in [0.29, 0.717) is 22.5 Å². The van der Waals surface area contributed by atoms with E-state index >= 15 is 0 Å². The Balaban J connectivity index is 2.45. The number of nitrogens with one attached hydrogen (secondary N) is 2. The van der Waals surface area contributed by atoms with Gasteiger partial charge in [-0.3, -0.25) is 10.4 Å². The van der Waals surface area contributed by atoms with Crippen LogP contribution >= 0.6 is 23.2 Å². The molecule has 6 heteroatoms. The van der Waals surface area contributed by atoms with Crippen molar-refractivity contribution in [1.82, 2.24) is 10.7 Å². The number of halogens is 2. The summed E-state index contributed by atoms with van der Waals surface area (Å²) in [6.45, 7) is 3.51. The third-order valence-electron chi connectivity index (χ3n) is 2.33. The Labute approximate surface area is 118 Å². The molecule has 0 spiro atoms. The minimum absolute atomic E-state index is 0.599. The smallest absolute Gasteiger partial charge is 0.205 e. The van der Waals surface area contributed by atoms with Crippen LogP contribution in [-0.4, -0.2) is 19.0 Å². The second-order valence-corrected chi connectivity index (χ2v) is 4.63. The van der Waals surface area contributed by atoms with Crippen molar-refractivity contribution in [2.75, 3.05) is 13.1 Å². The van der Waals surface area contributed by atoms with Crippen LogP contribution in [0.3, 0.4) is 0 Å². The van der Waals surface area contributed by atoms with Crippen LogP contribution in [0.1, 0.15) is 18.9 Å². The van der Waals surface area contributed by atoms with Gasteiger partial charge in [0.2, 0.25) is 5.96 Å². The second-order valence-electron chi connectivity index (χ2n) is 3.79. The van der Waals surface area contributed by atoms with Crippen molar-refractivity contribution in [2.24, 2.45) is 10.8 Å². The zero-order valence-corrected chi connectivity index (χ0v) is 11.9. The molecule has 0 saturated heterocycles. The van der Waals surface area contributed by atoms with E-state index in [1.165, 1.54) is 0 Å². The fourth-order valence-electron chi connectivity index (χ4n) is 1.42. The second kappa shape index (κ2) is 8.19. The summed E-state index contributed by atoms with van der Waals surface area (Å²) in [5.41, 5.74) is 3.57. The summed E-state index contributed by atoms with van der Waals surface area (Å²) >= 11 is 11.9. The first-order valence-corrected chi connectivity index (χ1v) is 6.61. The van der Waals surface area contributed by atoms with E-state index in [2.05, 4.69) is 22.7 Å². The standard InChI is InChI=1S/C12H18Cl2N4/c1-2-6-16-12(18-15)17-7-5-9-3-4-10(13)8-11(9)14/h3-4,8H,2,5-7,15H2,1H3,(H2,16,17,18). The molecule has 0 unspecified atom stereocenters. The van der Waals surface area contributed by atoms with Gasteiger partial charge in [0, 0.05) is 23.1 Å². The van der Waals surface area contributed by atoms with Gasteiger partial charge in [0.05, 0.1) is 0 Å². The Kier molecular flexibility index (Phi) is 6.86. The summed E-state index contributed by atoms with van der Waals surface area (Å²) in [6, 6.07) is 5.49. The summed E-state index contributed by atoms with van der Waals surface area (Å²) in [4.78, 5) is 4.24. The van der Waals surface area contributed by atoms with Crippen LogP contribution in [0.2, 0.25) is 10.0 Å². The third kappa shape index (κ3) is 5.12. The van der Waals surface area contributed by atoms with E-state index in [0.717, 1.165) is 24.9 Å². The van der Waals surface area contributed by atoms with Crippen molar-refractivity contribution in [3.05, 3.63) is 33.8 Å². The molecule has 0 fully saturated rings. The lowest BCUT2D eigenvalue weighted by atomic mass is 10.1. The van der Waals surface area contributed by atoms with Gasteiger partial charge in [-0.1, -0.05) is 36.2 Å².